The zero-order chi connectivity index (χ0) is 28.3. The van der Waals surface area contributed by atoms with Crippen LogP contribution in [0, 0.1) is 0 Å². The van der Waals surface area contributed by atoms with Crippen molar-refractivity contribution in [2.75, 3.05) is 4.90 Å². The molecule has 202 valence electrons. The summed E-state index contributed by atoms with van der Waals surface area (Å²) in [6, 6.07) is 50.5. The van der Waals surface area contributed by atoms with Gasteiger partial charge in [-0.2, -0.15) is 0 Å². The Balaban J connectivity index is 1.28. The van der Waals surface area contributed by atoms with Crippen molar-refractivity contribution in [3.05, 3.63) is 146 Å². The molecule has 43 heavy (non-hydrogen) atoms. The Bertz CT molecular complexity index is 2460. The van der Waals surface area contributed by atoms with Crippen LogP contribution in [0.4, 0.5) is 17.1 Å². The molecule has 0 radical (unpaired) electrons. The van der Waals surface area contributed by atoms with Crippen LogP contribution in [0.5, 0.6) is 0 Å². The lowest BCUT2D eigenvalue weighted by atomic mass is 9.99. The van der Waals surface area contributed by atoms with E-state index in [-0.39, 0.29) is 0 Å². The number of furan rings is 1. The number of rotatable bonds is 4. The molecular formula is C39H24N2O2. The molecule has 2 heterocycles. The molecule has 0 atom stereocenters. The standard InChI is InChI=1S/C39H24N2O2/c1-3-11-25(12-4-1)39-40-34-23-33-32-22-28(19-20-36(32)42-37(33)24-38(34)43-39)41(27-14-5-2-6-15-27)35-21-26-13-7-8-16-29(26)30-17-9-10-18-31(30)35/h1-24H. The number of oxazole rings is 1. The van der Waals surface area contributed by atoms with Crippen LogP contribution < -0.4 is 4.90 Å². The second kappa shape index (κ2) is 9.33. The maximum atomic E-state index is 6.34. The highest BCUT2D eigenvalue weighted by Gasteiger charge is 2.19. The predicted octanol–water partition coefficient (Wildman–Crippen LogP) is 11.2. The first kappa shape index (κ1) is 23.8. The Morgan fingerprint density at radius 2 is 1.14 bits per heavy atom. The quantitative estimate of drug-likeness (QED) is 0.204. The number of aromatic nitrogens is 1. The molecule has 0 N–H and O–H groups in total. The van der Waals surface area contributed by atoms with Crippen LogP contribution >= 0.6 is 0 Å². The monoisotopic (exact) mass is 552 g/mol. The number of hydrogen-bond acceptors (Lipinski definition) is 4. The summed E-state index contributed by atoms with van der Waals surface area (Å²) >= 11 is 0. The highest BCUT2D eigenvalue weighted by molar-refractivity contribution is 6.15. The lowest BCUT2D eigenvalue weighted by Gasteiger charge is -2.27. The molecule has 0 saturated heterocycles. The fraction of sp³-hybridized carbons (Fsp3) is 0. The third-order valence-electron chi connectivity index (χ3n) is 8.24. The molecule has 4 nitrogen and oxygen atoms in total. The summed E-state index contributed by atoms with van der Waals surface area (Å²) in [5.74, 6) is 0.603. The van der Waals surface area contributed by atoms with Crippen molar-refractivity contribution in [2.45, 2.75) is 0 Å². The third-order valence-corrected chi connectivity index (χ3v) is 8.24. The van der Waals surface area contributed by atoms with Crippen LogP contribution in [-0.4, -0.2) is 4.98 Å². The van der Waals surface area contributed by atoms with Crippen molar-refractivity contribution in [3.8, 4) is 11.5 Å². The van der Waals surface area contributed by atoms with Gasteiger partial charge in [-0.05, 0) is 70.8 Å². The van der Waals surface area contributed by atoms with E-state index in [1.807, 2.05) is 36.4 Å². The molecular weight excluding hydrogens is 528 g/mol. The molecule has 9 aromatic rings. The molecule has 0 aliphatic heterocycles. The average Bonchev–Trinajstić information content (AvgIpc) is 3.65. The Kier molecular flexibility index (Phi) is 5.16. The van der Waals surface area contributed by atoms with Gasteiger partial charge in [-0.15, -0.1) is 0 Å². The van der Waals surface area contributed by atoms with E-state index in [0.717, 1.165) is 50.1 Å². The van der Waals surface area contributed by atoms with Gasteiger partial charge in [0.2, 0.25) is 5.89 Å². The van der Waals surface area contributed by atoms with E-state index in [0.29, 0.717) is 11.5 Å². The van der Waals surface area contributed by atoms with Gasteiger partial charge in [-0.3, -0.25) is 0 Å². The molecule has 0 spiro atoms. The van der Waals surface area contributed by atoms with Gasteiger partial charge >= 0.3 is 0 Å². The molecule has 0 aliphatic rings. The molecule has 0 fully saturated rings. The zero-order valence-electron chi connectivity index (χ0n) is 23.1. The third kappa shape index (κ3) is 3.81. The second-order valence-corrected chi connectivity index (χ2v) is 10.8. The second-order valence-electron chi connectivity index (χ2n) is 10.8. The van der Waals surface area contributed by atoms with Gasteiger partial charge in [0.05, 0.1) is 5.69 Å². The Labute approximate surface area is 247 Å². The van der Waals surface area contributed by atoms with Crippen molar-refractivity contribution in [3.63, 3.8) is 0 Å². The lowest BCUT2D eigenvalue weighted by molar-refractivity contribution is 0.617. The van der Waals surface area contributed by atoms with Crippen molar-refractivity contribution in [2.24, 2.45) is 0 Å². The molecule has 4 heteroatoms. The summed E-state index contributed by atoms with van der Waals surface area (Å²) < 4.78 is 12.5. The number of anilines is 3. The number of nitrogens with zero attached hydrogens (tertiary/aromatic N) is 2. The molecule has 7 aromatic carbocycles. The SMILES string of the molecule is c1ccc(-c2nc3cc4c(cc3o2)oc2ccc(N(c3ccccc3)c3cc5ccccc5c5ccccc35)cc24)cc1. The summed E-state index contributed by atoms with van der Waals surface area (Å²) in [6.45, 7) is 0. The fourth-order valence-corrected chi connectivity index (χ4v) is 6.25. The van der Waals surface area contributed by atoms with Crippen LogP contribution in [0.2, 0.25) is 0 Å². The van der Waals surface area contributed by atoms with Gasteiger partial charge < -0.3 is 13.7 Å². The highest BCUT2D eigenvalue weighted by atomic mass is 16.4. The van der Waals surface area contributed by atoms with Gasteiger partial charge in [-0.25, -0.2) is 4.98 Å². The minimum atomic E-state index is 0.603. The van der Waals surface area contributed by atoms with E-state index in [2.05, 4.69) is 114 Å². The lowest BCUT2D eigenvalue weighted by Crippen LogP contribution is -2.10. The Hall–Kier alpha value is -5.87. The normalized spacial score (nSPS) is 11.7. The molecule has 0 bridgehead atoms. The molecule has 9 rings (SSSR count). The van der Waals surface area contributed by atoms with E-state index in [9.17, 15) is 0 Å². The van der Waals surface area contributed by atoms with Crippen LogP contribution in [0.3, 0.4) is 0 Å². The van der Waals surface area contributed by atoms with Crippen molar-refractivity contribution in [1.82, 2.24) is 4.98 Å². The maximum Gasteiger partial charge on any atom is 0.227 e. The molecule has 0 saturated carbocycles. The van der Waals surface area contributed by atoms with E-state index in [1.165, 1.54) is 21.5 Å². The van der Waals surface area contributed by atoms with Gasteiger partial charge in [0, 0.05) is 39.2 Å². The van der Waals surface area contributed by atoms with Gasteiger partial charge in [0.15, 0.2) is 5.58 Å². The summed E-state index contributed by atoms with van der Waals surface area (Å²) in [7, 11) is 0. The van der Waals surface area contributed by atoms with Gasteiger partial charge in [0.25, 0.3) is 0 Å². The number of benzene rings is 7. The average molecular weight is 553 g/mol. The van der Waals surface area contributed by atoms with E-state index in [1.54, 1.807) is 0 Å². The minimum absolute atomic E-state index is 0.603. The summed E-state index contributed by atoms with van der Waals surface area (Å²) in [5.41, 5.74) is 7.32. The summed E-state index contributed by atoms with van der Waals surface area (Å²) in [6.07, 6.45) is 0. The maximum absolute atomic E-state index is 6.34. The van der Waals surface area contributed by atoms with Gasteiger partial charge in [0.1, 0.15) is 16.7 Å². The molecule has 0 aliphatic carbocycles. The zero-order valence-corrected chi connectivity index (χ0v) is 23.1. The van der Waals surface area contributed by atoms with Crippen molar-refractivity contribution in [1.29, 1.82) is 0 Å². The molecule has 0 unspecified atom stereocenters. The smallest absolute Gasteiger partial charge is 0.227 e. The minimum Gasteiger partial charge on any atom is -0.456 e. The van der Waals surface area contributed by atoms with Crippen LogP contribution in [0.1, 0.15) is 0 Å². The fourth-order valence-electron chi connectivity index (χ4n) is 6.25. The van der Waals surface area contributed by atoms with E-state index < -0.39 is 0 Å². The topological polar surface area (TPSA) is 42.4 Å². The van der Waals surface area contributed by atoms with Crippen LogP contribution in [0.25, 0.3) is 66.0 Å². The largest absolute Gasteiger partial charge is 0.456 e. The first-order chi connectivity index (χ1) is 21.3. The van der Waals surface area contributed by atoms with Crippen LogP contribution in [-0.2, 0) is 0 Å². The Morgan fingerprint density at radius 1 is 0.442 bits per heavy atom. The number of para-hydroxylation sites is 1. The van der Waals surface area contributed by atoms with E-state index >= 15 is 0 Å². The molecule has 2 aromatic heterocycles. The first-order valence-electron chi connectivity index (χ1n) is 14.4. The summed E-state index contributed by atoms with van der Waals surface area (Å²) in [4.78, 5) is 7.16. The van der Waals surface area contributed by atoms with E-state index in [4.69, 9.17) is 13.8 Å². The first-order valence-corrected chi connectivity index (χ1v) is 14.4. The van der Waals surface area contributed by atoms with Gasteiger partial charge in [-0.1, -0.05) is 84.9 Å². The highest BCUT2D eigenvalue weighted by Crippen LogP contribution is 2.44. The molecule has 0 amide bonds. The predicted molar refractivity (Wildman–Crippen MR) is 176 cm³/mol. The number of hydrogen-bond donors (Lipinski definition) is 0. The van der Waals surface area contributed by atoms with Crippen LogP contribution in [0.15, 0.2) is 154 Å². The van der Waals surface area contributed by atoms with Crippen molar-refractivity contribution >= 4 is 71.6 Å². The Morgan fingerprint density at radius 3 is 1.98 bits per heavy atom. The number of fused-ring (bicyclic) bond motifs is 7. The van der Waals surface area contributed by atoms with Crippen molar-refractivity contribution < 1.29 is 8.83 Å². The summed E-state index contributed by atoms with van der Waals surface area (Å²) in [5, 5.41) is 6.92.